The number of carbonyl (C=O) groups excluding carboxylic acids is 2. The molecular weight excluding hydrogens is 470 g/mol. The number of nitrogens with zero attached hydrogens (tertiary/aromatic N) is 1. The number of esters is 1. The Morgan fingerprint density at radius 1 is 1.25 bits per heavy atom. The second-order valence-corrected chi connectivity index (χ2v) is 11.8. The number of nitrogens with two attached hydrogens (primary N) is 1. The molecule has 2 rings (SSSR count). The largest absolute Gasteiger partial charge is 0.464 e. The number of benzene rings is 1. The first kappa shape index (κ1) is 26.6. The minimum Gasteiger partial charge on any atom is -0.464 e. The maximum atomic E-state index is 12.6. The molecule has 0 aliphatic rings. The molecule has 1 atom stereocenters. The highest BCUT2D eigenvalue weighted by Gasteiger charge is 2.18. The molecular formula is C21H31N3O5S3. The quantitative estimate of drug-likeness (QED) is 0.216. The number of fused-ring (bicyclic) bond motifs is 1. The van der Waals surface area contributed by atoms with Crippen molar-refractivity contribution in [3.63, 3.8) is 0 Å². The van der Waals surface area contributed by atoms with Crippen LogP contribution in [0.5, 0.6) is 0 Å². The number of amides is 1. The number of sulfone groups is 1. The Kier molecular flexibility index (Phi) is 10.9. The highest BCUT2D eigenvalue weighted by molar-refractivity contribution is 8.01. The number of carbonyl (C=O) groups is 2. The summed E-state index contributed by atoms with van der Waals surface area (Å²) >= 11 is 3.19. The molecule has 178 valence electrons. The van der Waals surface area contributed by atoms with Gasteiger partial charge in [-0.3, -0.25) is 14.9 Å². The molecule has 0 spiro atoms. The molecule has 11 heteroatoms. The summed E-state index contributed by atoms with van der Waals surface area (Å²) in [6, 6.07) is 4.25. The summed E-state index contributed by atoms with van der Waals surface area (Å²) in [6.45, 7) is 3.46. The first-order valence-electron chi connectivity index (χ1n) is 10.7. The van der Waals surface area contributed by atoms with Gasteiger partial charge in [-0.15, -0.1) is 11.3 Å². The van der Waals surface area contributed by atoms with Crippen molar-refractivity contribution >= 4 is 55.0 Å². The van der Waals surface area contributed by atoms with Gasteiger partial charge in [0.15, 0.2) is 14.2 Å². The first-order valence-corrected chi connectivity index (χ1v) is 14.2. The monoisotopic (exact) mass is 501 g/mol. The van der Waals surface area contributed by atoms with Gasteiger partial charge in [-0.25, -0.2) is 13.4 Å². The summed E-state index contributed by atoms with van der Waals surface area (Å²) in [4.78, 5) is 27.7. The molecule has 0 bridgehead atoms. The molecule has 8 nitrogen and oxygen atoms in total. The van der Waals surface area contributed by atoms with E-state index in [0.29, 0.717) is 6.42 Å². The fraction of sp³-hybridized carbons (Fsp3) is 0.571. The number of aromatic nitrogens is 1. The number of rotatable bonds is 15. The number of unbranched alkanes of at least 4 members (excludes halogenated alkanes) is 3. The first-order chi connectivity index (χ1) is 15.3. The van der Waals surface area contributed by atoms with Crippen LogP contribution in [-0.2, 0) is 24.2 Å². The van der Waals surface area contributed by atoms with Crippen LogP contribution in [0.4, 0.5) is 0 Å². The van der Waals surface area contributed by atoms with E-state index in [-0.39, 0.29) is 23.8 Å². The van der Waals surface area contributed by atoms with Gasteiger partial charge in [0.1, 0.15) is 6.61 Å². The Bertz CT molecular complexity index is 1010. The second-order valence-electron chi connectivity index (χ2n) is 7.30. The number of hydrogen-bond acceptors (Lipinski definition) is 9. The molecule has 1 amide bonds. The summed E-state index contributed by atoms with van der Waals surface area (Å²) < 4.78 is 32.0. The minimum absolute atomic E-state index is 0.182. The predicted octanol–water partition coefficient (Wildman–Crippen LogP) is 3.14. The normalized spacial score (nSPS) is 12.7. The van der Waals surface area contributed by atoms with Crippen LogP contribution in [0, 0.1) is 0 Å². The van der Waals surface area contributed by atoms with Crippen LogP contribution < -0.4 is 11.1 Å². The molecule has 3 N–H and O–H groups in total. The summed E-state index contributed by atoms with van der Waals surface area (Å²) in [5.41, 5.74) is 5.98. The van der Waals surface area contributed by atoms with E-state index in [0.717, 1.165) is 26.7 Å². The van der Waals surface area contributed by atoms with Crippen LogP contribution >= 0.6 is 23.1 Å². The Labute approximate surface area is 197 Å². The predicted molar refractivity (Wildman–Crippen MR) is 129 cm³/mol. The number of thioether (sulfide) groups is 1. The van der Waals surface area contributed by atoms with Crippen LogP contribution in [0.3, 0.4) is 0 Å². The maximum absolute atomic E-state index is 12.6. The van der Waals surface area contributed by atoms with Crippen molar-refractivity contribution in [2.45, 2.75) is 61.2 Å². The lowest BCUT2D eigenvalue weighted by Crippen LogP contribution is -2.43. The van der Waals surface area contributed by atoms with Crippen LogP contribution in [-0.4, -0.2) is 56.0 Å². The molecule has 0 radical (unpaired) electrons. The third-order valence-corrected chi connectivity index (χ3v) is 8.71. The van der Waals surface area contributed by atoms with Gasteiger partial charge in [0, 0.05) is 5.75 Å². The Morgan fingerprint density at radius 3 is 2.72 bits per heavy atom. The van der Waals surface area contributed by atoms with Crippen LogP contribution in [0.25, 0.3) is 10.2 Å². The minimum atomic E-state index is -3.61. The molecule has 0 saturated heterocycles. The van der Waals surface area contributed by atoms with Gasteiger partial charge < -0.3 is 10.5 Å². The van der Waals surface area contributed by atoms with E-state index >= 15 is 0 Å². The topological polar surface area (TPSA) is 128 Å². The lowest BCUT2D eigenvalue weighted by atomic mass is 10.2. The van der Waals surface area contributed by atoms with Crippen molar-refractivity contribution in [2.24, 2.45) is 5.73 Å². The number of hydrogen-bond donors (Lipinski definition) is 2. The van der Waals surface area contributed by atoms with Gasteiger partial charge in [-0.05, 0) is 31.0 Å². The molecule has 1 unspecified atom stereocenters. The average Bonchev–Trinajstić information content (AvgIpc) is 3.15. The van der Waals surface area contributed by atoms with Gasteiger partial charge in [0.05, 0.1) is 33.5 Å². The lowest BCUT2D eigenvalue weighted by Gasteiger charge is -2.12. The van der Waals surface area contributed by atoms with Gasteiger partial charge >= 0.3 is 5.97 Å². The molecule has 0 fully saturated rings. The van der Waals surface area contributed by atoms with Crippen molar-refractivity contribution in [1.82, 2.24) is 10.3 Å². The lowest BCUT2D eigenvalue weighted by molar-refractivity contribution is -0.142. The fourth-order valence-electron chi connectivity index (χ4n) is 2.91. The third kappa shape index (κ3) is 8.34. The smallest absolute Gasteiger partial charge is 0.319 e. The van der Waals surface area contributed by atoms with Crippen LogP contribution in [0.2, 0.25) is 0 Å². The summed E-state index contributed by atoms with van der Waals surface area (Å²) in [7, 11) is -3.61. The Hall–Kier alpha value is -1.69. The summed E-state index contributed by atoms with van der Waals surface area (Å²) in [6.07, 6.45) is 5.23. The van der Waals surface area contributed by atoms with Crippen LogP contribution in [0.1, 0.15) is 46.0 Å². The van der Waals surface area contributed by atoms with Gasteiger partial charge in [0.2, 0.25) is 5.91 Å². The van der Waals surface area contributed by atoms with Gasteiger partial charge in [0.25, 0.3) is 0 Å². The number of primary amides is 1. The van der Waals surface area contributed by atoms with E-state index < -0.39 is 27.8 Å². The van der Waals surface area contributed by atoms with Gasteiger partial charge in [-0.2, -0.15) is 0 Å². The van der Waals surface area contributed by atoms with Crippen molar-refractivity contribution in [3.8, 4) is 0 Å². The zero-order chi connectivity index (χ0) is 23.6. The van der Waals surface area contributed by atoms with Crippen molar-refractivity contribution in [3.05, 3.63) is 18.2 Å². The molecule has 0 aliphatic heterocycles. The highest BCUT2D eigenvalue weighted by atomic mass is 32.2. The Morgan fingerprint density at radius 2 is 2.03 bits per heavy atom. The maximum Gasteiger partial charge on any atom is 0.319 e. The number of ether oxygens (including phenoxy) is 1. The zero-order valence-corrected chi connectivity index (χ0v) is 20.9. The SMILES string of the molecule is CCCCCCSc1nc2ccc(S(=O)(=O)CCOC(=O)CNC(CC)C(N)=O)cc2s1. The van der Waals surface area contributed by atoms with E-state index in [2.05, 4.69) is 17.2 Å². The molecule has 0 saturated carbocycles. The molecule has 2 aromatic rings. The fourth-order valence-corrected chi connectivity index (χ4v) is 6.28. The zero-order valence-electron chi connectivity index (χ0n) is 18.5. The second kappa shape index (κ2) is 13.1. The van der Waals surface area contributed by atoms with Gasteiger partial charge in [-0.1, -0.05) is 44.9 Å². The van der Waals surface area contributed by atoms with E-state index in [1.54, 1.807) is 30.8 Å². The van der Waals surface area contributed by atoms with E-state index in [1.165, 1.54) is 36.7 Å². The van der Waals surface area contributed by atoms with E-state index in [9.17, 15) is 18.0 Å². The van der Waals surface area contributed by atoms with Crippen molar-refractivity contribution in [1.29, 1.82) is 0 Å². The van der Waals surface area contributed by atoms with Crippen LogP contribution in [0.15, 0.2) is 27.4 Å². The van der Waals surface area contributed by atoms with E-state index in [1.807, 2.05) is 0 Å². The molecule has 1 aromatic carbocycles. The third-order valence-electron chi connectivity index (χ3n) is 4.78. The number of thiazole rings is 1. The number of nitrogens with one attached hydrogen (secondary N) is 1. The van der Waals surface area contributed by atoms with E-state index in [4.69, 9.17) is 10.5 Å². The van der Waals surface area contributed by atoms with Crippen molar-refractivity contribution < 1.29 is 22.7 Å². The Balaban J connectivity index is 1.87. The standard InChI is InChI=1S/C21H31N3O5S3/c1-3-5-6-7-11-30-21-24-17-9-8-15(13-18(17)31-21)32(27,28)12-10-29-19(25)14-23-16(4-2)20(22)26/h8-9,13,16,23H,3-7,10-12,14H2,1-2H3,(H2,22,26). The molecule has 0 aliphatic carbocycles. The molecule has 1 heterocycles. The summed E-state index contributed by atoms with van der Waals surface area (Å²) in [5.74, 6) is -0.517. The average molecular weight is 502 g/mol. The molecule has 1 aromatic heterocycles. The van der Waals surface area contributed by atoms with Crippen molar-refractivity contribution in [2.75, 3.05) is 24.7 Å². The summed E-state index contributed by atoms with van der Waals surface area (Å²) in [5, 5.41) is 2.69. The highest BCUT2D eigenvalue weighted by Crippen LogP contribution is 2.31. The molecule has 32 heavy (non-hydrogen) atoms.